The number of rotatable bonds is 5. The quantitative estimate of drug-likeness (QED) is 0.716. The zero-order chi connectivity index (χ0) is 19.5. The number of nitrogens with one attached hydrogen (secondary N) is 1. The van der Waals surface area contributed by atoms with Gasteiger partial charge in [-0.2, -0.15) is 5.10 Å². The van der Waals surface area contributed by atoms with Gasteiger partial charge in [-0.3, -0.25) is 14.5 Å². The maximum absolute atomic E-state index is 12.6. The second-order valence-electron chi connectivity index (χ2n) is 7.12. The molecular weight excluding hydrogens is 374 g/mol. The molecule has 0 radical (unpaired) electrons. The van der Waals surface area contributed by atoms with Gasteiger partial charge in [0.1, 0.15) is 6.54 Å². The highest BCUT2D eigenvalue weighted by Gasteiger charge is 2.15. The standard InChI is InChI=1S/C20H23N5O2S/c1-14-16-7-3-4-8-17(16)19(27)25(23-14)12-18(26)22-20-21-15(13-28-20)11-24-9-5-2-6-10-24/h3-4,7-8,13H,2,5-6,9-12H2,1H3,(H,21,22,26). The molecule has 0 aliphatic carbocycles. The molecule has 3 aromatic rings. The highest BCUT2D eigenvalue weighted by Crippen LogP contribution is 2.19. The van der Waals surface area contributed by atoms with E-state index in [1.54, 1.807) is 6.07 Å². The molecule has 1 saturated heterocycles. The number of piperidine rings is 1. The Bertz CT molecular complexity index is 1050. The lowest BCUT2D eigenvalue weighted by Gasteiger charge is -2.25. The highest BCUT2D eigenvalue weighted by molar-refractivity contribution is 7.13. The molecule has 146 valence electrons. The molecule has 8 heteroatoms. The Hall–Kier alpha value is -2.58. The molecule has 0 spiro atoms. The average Bonchev–Trinajstić information content (AvgIpc) is 3.13. The van der Waals surface area contributed by atoms with E-state index in [4.69, 9.17) is 0 Å². The summed E-state index contributed by atoms with van der Waals surface area (Å²) in [5.74, 6) is -0.303. The van der Waals surface area contributed by atoms with Crippen molar-refractivity contribution in [3.05, 3.63) is 51.4 Å². The summed E-state index contributed by atoms with van der Waals surface area (Å²) in [7, 11) is 0. The Morgan fingerprint density at radius 3 is 2.71 bits per heavy atom. The van der Waals surface area contributed by atoms with E-state index >= 15 is 0 Å². The van der Waals surface area contributed by atoms with Crippen molar-refractivity contribution in [3.63, 3.8) is 0 Å². The van der Waals surface area contributed by atoms with Crippen LogP contribution in [0.15, 0.2) is 34.4 Å². The molecule has 1 aromatic carbocycles. The number of aromatic nitrogens is 3. The fourth-order valence-electron chi connectivity index (χ4n) is 3.59. The Balaban J connectivity index is 1.43. The van der Waals surface area contributed by atoms with Crippen LogP contribution in [0.3, 0.4) is 0 Å². The van der Waals surface area contributed by atoms with E-state index in [2.05, 4.69) is 20.3 Å². The molecule has 1 N–H and O–H groups in total. The van der Waals surface area contributed by atoms with E-state index in [0.717, 1.165) is 36.4 Å². The first-order valence-electron chi connectivity index (χ1n) is 9.53. The summed E-state index contributed by atoms with van der Waals surface area (Å²) in [5.41, 5.74) is 1.43. The fourth-order valence-corrected chi connectivity index (χ4v) is 4.31. The van der Waals surface area contributed by atoms with Crippen molar-refractivity contribution in [2.24, 2.45) is 0 Å². The molecule has 1 fully saturated rings. The average molecular weight is 398 g/mol. The largest absolute Gasteiger partial charge is 0.300 e. The Kier molecular flexibility index (Phi) is 5.50. The second kappa shape index (κ2) is 8.20. The minimum Gasteiger partial charge on any atom is -0.300 e. The van der Waals surface area contributed by atoms with Crippen molar-refractivity contribution in [3.8, 4) is 0 Å². The van der Waals surface area contributed by atoms with Crippen LogP contribution < -0.4 is 10.9 Å². The predicted molar refractivity (Wildman–Crippen MR) is 111 cm³/mol. The minimum absolute atomic E-state index is 0.133. The van der Waals surface area contributed by atoms with Gasteiger partial charge in [0.2, 0.25) is 5.91 Å². The van der Waals surface area contributed by atoms with Crippen LogP contribution in [0.25, 0.3) is 10.8 Å². The van der Waals surface area contributed by atoms with Crippen LogP contribution in [0.4, 0.5) is 5.13 Å². The molecule has 0 atom stereocenters. The van der Waals surface area contributed by atoms with Crippen LogP contribution >= 0.6 is 11.3 Å². The van der Waals surface area contributed by atoms with E-state index < -0.39 is 0 Å². The van der Waals surface area contributed by atoms with Gasteiger partial charge < -0.3 is 5.32 Å². The van der Waals surface area contributed by atoms with Crippen molar-refractivity contribution < 1.29 is 4.79 Å². The third-order valence-electron chi connectivity index (χ3n) is 4.98. The van der Waals surface area contributed by atoms with Crippen molar-refractivity contribution in [1.82, 2.24) is 19.7 Å². The monoisotopic (exact) mass is 397 g/mol. The number of benzene rings is 1. The van der Waals surface area contributed by atoms with Gasteiger partial charge in [-0.1, -0.05) is 24.6 Å². The molecule has 0 bridgehead atoms. The first kappa shape index (κ1) is 18.8. The van der Waals surface area contributed by atoms with Crippen molar-refractivity contribution in [1.29, 1.82) is 0 Å². The number of amides is 1. The number of nitrogens with zero attached hydrogens (tertiary/aromatic N) is 4. The van der Waals surface area contributed by atoms with Crippen LogP contribution in [-0.2, 0) is 17.9 Å². The van der Waals surface area contributed by atoms with E-state index in [-0.39, 0.29) is 18.0 Å². The SMILES string of the molecule is Cc1nn(CC(=O)Nc2nc(CN3CCCCC3)cs2)c(=O)c2ccccc12. The maximum Gasteiger partial charge on any atom is 0.275 e. The van der Waals surface area contributed by atoms with Crippen molar-refractivity contribution in [2.45, 2.75) is 39.3 Å². The number of aryl methyl sites for hydroxylation is 1. The Morgan fingerprint density at radius 2 is 1.93 bits per heavy atom. The molecule has 28 heavy (non-hydrogen) atoms. The molecule has 4 rings (SSSR count). The number of anilines is 1. The Labute approximate surface area is 167 Å². The van der Waals surface area contributed by atoms with Crippen LogP contribution in [0.1, 0.15) is 30.7 Å². The topological polar surface area (TPSA) is 80.1 Å². The zero-order valence-electron chi connectivity index (χ0n) is 15.9. The molecule has 1 amide bonds. The number of thiazole rings is 1. The lowest BCUT2D eigenvalue weighted by Crippen LogP contribution is -2.30. The summed E-state index contributed by atoms with van der Waals surface area (Å²) < 4.78 is 1.22. The van der Waals surface area contributed by atoms with Gasteiger partial charge in [0.05, 0.1) is 16.8 Å². The second-order valence-corrected chi connectivity index (χ2v) is 7.98. The van der Waals surface area contributed by atoms with Gasteiger partial charge in [0.25, 0.3) is 5.56 Å². The summed E-state index contributed by atoms with van der Waals surface area (Å²) in [6.45, 7) is 4.73. The lowest BCUT2D eigenvalue weighted by atomic mass is 10.1. The maximum atomic E-state index is 12.6. The molecule has 1 aliphatic rings. The number of likely N-dealkylation sites (tertiary alicyclic amines) is 1. The smallest absolute Gasteiger partial charge is 0.275 e. The van der Waals surface area contributed by atoms with Crippen LogP contribution in [0, 0.1) is 6.92 Å². The molecule has 1 aliphatic heterocycles. The third kappa shape index (κ3) is 4.13. The van der Waals surface area contributed by atoms with Gasteiger partial charge in [-0.25, -0.2) is 9.67 Å². The van der Waals surface area contributed by atoms with E-state index in [1.807, 2.05) is 30.5 Å². The predicted octanol–water partition coefficient (Wildman–Crippen LogP) is 2.79. The number of hydrogen-bond acceptors (Lipinski definition) is 6. The summed E-state index contributed by atoms with van der Waals surface area (Å²) in [6.07, 6.45) is 3.78. The van der Waals surface area contributed by atoms with Crippen LogP contribution in [0.5, 0.6) is 0 Å². The van der Waals surface area contributed by atoms with Gasteiger partial charge in [0.15, 0.2) is 5.13 Å². The first-order valence-corrected chi connectivity index (χ1v) is 10.4. The van der Waals surface area contributed by atoms with Gasteiger partial charge in [-0.05, 0) is 38.9 Å². The molecular formula is C20H23N5O2S. The summed E-state index contributed by atoms with van der Waals surface area (Å²) in [5, 5.41) is 11.0. The number of carbonyl (C=O) groups is 1. The zero-order valence-corrected chi connectivity index (χ0v) is 16.7. The summed E-state index contributed by atoms with van der Waals surface area (Å²) in [4.78, 5) is 31.9. The van der Waals surface area contributed by atoms with Gasteiger partial charge >= 0.3 is 0 Å². The van der Waals surface area contributed by atoms with E-state index in [9.17, 15) is 9.59 Å². The van der Waals surface area contributed by atoms with Crippen LogP contribution in [0.2, 0.25) is 0 Å². The summed E-state index contributed by atoms with van der Waals surface area (Å²) >= 11 is 1.41. The van der Waals surface area contributed by atoms with E-state index in [0.29, 0.717) is 10.5 Å². The number of hydrogen-bond donors (Lipinski definition) is 1. The first-order chi connectivity index (χ1) is 13.6. The normalized spacial score (nSPS) is 15.0. The third-order valence-corrected chi connectivity index (χ3v) is 5.78. The number of fused-ring (bicyclic) bond motifs is 1. The van der Waals surface area contributed by atoms with Crippen molar-refractivity contribution >= 4 is 33.1 Å². The highest BCUT2D eigenvalue weighted by atomic mass is 32.1. The summed E-state index contributed by atoms with van der Waals surface area (Å²) in [6, 6.07) is 7.31. The van der Waals surface area contributed by atoms with E-state index in [1.165, 1.54) is 35.3 Å². The minimum atomic E-state index is -0.303. The molecule has 2 aromatic heterocycles. The van der Waals surface area contributed by atoms with Gasteiger partial charge in [-0.15, -0.1) is 11.3 Å². The molecule has 7 nitrogen and oxygen atoms in total. The number of carbonyl (C=O) groups excluding carboxylic acids is 1. The van der Waals surface area contributed by atoms with Crippen molar-refractivity contribution in [2.75, 3.05) is 18.4 Å². The lowest BCUT2D eigenvalue weighted by molar-refractivity contribution is -0.117. The molecule has 0 saturated carbocycles. The van der Waals surface area contributed by atoms with Crippen LogP contribution in [-0.4, -0.2) is 38.7 Å². The van der Waals surface area contributed by atoms with Gasteiger partial charge in [0, 0.05) is 17.3 Å². The molecule has 0 unspecified atom stereocenters. The fraction of sp³-hybridized carbons (Fsp3) is 0.400. The Morgan fingerprint density at radius 1 is 1.18 bits per heavy atom. The molecule has 3 heterocycles.